The molecule has 3 heterocycles. The highest BCUT2D eigenvalue weighted by atomic mass is 19.1. The van der Waals surface area contributed by atoms with Gasteiger partial charge in [0, 0.05) is 12.0 Å². The number of rotatable bonds is 4. The molecule has 30 heavy (non-hydrogen) atoms. The third kappa shape index (κ3) is 2.63. The third-order valence-electron chi connectivity index (χ3n) is 6.38. The van der Waals surface area contributed by atoms with Crippen LogP contribution < -0.4 is 4.90 Å². The molecule has 3 aliphatic heterocycles. The zero-order chi connectivity index (χ0) is 21.8. The Hall–Kier alpha value is -2.99. The van der Waals surface area contributed by atoms with Gasteiger partial charge in [-0.15, -0.1) is 0 Å². The van der Waals surface area contributed by atoms with E-state index in [-0.39, 0.29) is 29.8 Å². The molecule has 0 spiro atoms. The van der Waals surface area contributed by atoms with Gasteiger partial charge in [-0.05, 0) is 39.0 Å². The molecular weight excluding hydrogens is 395 g/mol. The highest BCUT2D eigenvalue weighted by Crippen LogP contribution is 2.61. The van der Waals surface area contributed by atoms with Crippen molar-refractivity contribution in [1.82, 2.24) is 0 Å². The number of ether oxygens (including phenoxy) is 3. The summed E-state index contributed by atoms with van der Waals surface area (Å²) in [6.07, 6.45) is -1.35. The first-order valence-corrected chi connectivity index (χ1v) is 9.70. The van der Waals surface area contributed by atoms with E-state index < -0.39 is 53.8 Å². The number of carbonyl (C=O) groups excluding carboxylic acids is 3. The number of amides is 2. The summed E-state index contributed by atoms with van der Waals surface area (Å²) in [7, 11) is 0. The minimum absolute atomic E-state index is 0.104. The number of nitrogens with zero attached hydrogens (tertiary/aromatic N) is 2. The van der Waals surface area contributed by atoms with Crippen molar-refractivity contribution in [1.29, 1.82) is 5.26 Å². The molecule has 4 rings (SSSR count). The van der Waals surface area contributed by atoms with Crippen molar-refractivity contribution in [3.63, 3.8) is 0 Å². The zero-order valence-electron chi connectivity index (χ0n) is 16.8. The number of fused-ring (bicyclic) bond motifs is 5. The number of imide groups is 1. The predicted molar refractivity (Wildman–Crippen MR) is 99.8 cm³/mol. The lowest BCUT2D eigenvalue weighted by atomic mass is 9.67. The molecule has 3 saturated heterocycles. The van der Waals surface area contributed by atoms with E-state index in [9.17, 15) is 18.8 Å². The first-order valence-electron chi connectivity index (χ1n) is 9.70. The summed E-state index contributed by atoms with van der Waals surface area (Å²) in [5.41, 5.74) is -1.73. The highest BCUT2D eigenvalue weighted by Gasteiger charge is 2.77. The van der Waals surface area contributed by atoms with Crippen LogP contribution in [-0.2, 0) is 30.5 Å². The van der Waals surface area contributed by atoms with Crippen LogP contribution in [0.2, 0.25) is 0 Å². The Morgan fingerprint density at radius 3 is 2.67 bits per heavy atom. The molecule has 158 valence electrons. The minimum Gasteiger partial charge on any atom is -0.435 e. The van der Waals surface area contributed by atoms with Gasteiger partial charge in [0.05, 0.1) is 41.4 Å². The number of benzene rings is 1. The number of anilines is 1. The van der Waals surface area contributed by atoms with E-state index in [2.05, 4.69) is 0 Å². The highest BCUT2D eigenvalue weighted by molar-refractivity contribution is 6.23. The molecule has 0 saturated carbocycles. The molecule has 8 nitrogen and oxygen atoms in total. The summed E-state index contributed by atoms with van der Waals surface area (Å²) in [5.74, 6) is -2.54. The molecule has 9 heteroatoms. The lowest BCUT2D eigenvalue weighted by Crippen LogP contribution is -2.50. The van der Waals surface area contributed by atoms with Crippen molar-refractivity contribution >= 4 is 23.7 Å². The maximum atomic E-state index is 13.3. The van der Waals surface area contributed by atoms with Gasteiger partial charge in [0.15, 0.2) is 0 Å². The van der Waals surface area contributed by atoms with Gasteiger partial charge in [-0.1, -0.05) is 0 Å². The summed E-state index contributed by atoms with van der Waals surface area (Å²) in [5, 5.41) is 9.09. The van der Waals surface area contributed by atoms with Crippen LogP contribution in [0.25, 0.3) is 0 Å². The van der Waals surface area contributed by atoms with E-state index >= 15 is 0 Å². The van der Waals surface area contributed by atoms with Crippen LogP contribution in [-0.4, -0.2) is 41.9 Å². The van der Waals surface area contributed by atoms with E-state index in [1.54, 1.807) is 20.8 Å². The second-order valence-corrected chi connectivity index (χ2v) is 8.15. The molecule has 0 N–H and O–H groups in total. The third-order valence-corrected chi connectivity index (χ3v) is 6.38. The van der Waals surface area contributed by atoms with Crippen molar-refractivity contribution in [2.75, 3.05) is 11.5 Å². The maximum absolute atomic E-state index is 13.3. The largest absolute Gasteiger partial charge is 0.508 e. The first kappa shape index (κ1) is 20.3. The fraction of sp³-hybridized carbons (Fsp3) is 0.524. The van der Waals surface area contributed by atoms with Crippen molar-refractivity contribution < 1.29 is 33.0 Å². The fourth-order valence-corrected chi connectivity index (χ4v) is 5.12. The number of halogens is 1. The number of hydrogen-bond donors (Lipinski definition) is 0. The normalized spacial score (nSPS) is 34.1. The van der Waals surface area contributed by atoms with E-state index in [1.165, 1.54) is 18.2 Å². The number of carbonyl (C=O) groups is 3. The average Bonchev–Trinajstić information content (AvgIpc) is 3.22. The van der Waals surface area contributed by atoms with Crippen LogP contribution >= 0.6 is 0 Å². The molecule has 5 atom stereocenters. The molecular formula is C21H21FN2O6. The summed E-state index contributed by atoms with van der Waals surface area (Å²) >= 11 is 0. The second-order valence-electron chi connectivity index (χ2n) is 8.15. The quantitative estimate of drug-likeness (QED) is 0.549. The van der Waals surface area contributed by atoms with Crippen LogP contribution in [0.5, 0.6) is 0 Å². The van der Waals surface area contributed by atoms with Gasteiger partial charge in [-0.25, -0.2) is 14.1 Å². The summed E-state index contributed by atoms with van der Waals surface area (Å²) in [6, 6.07) is 6.07. The maximum Gasteiger partial charge on any atom is 0.508 e. The number of alkyl halides is 1. The second kappa shape index (κ2) is 6.77. The van der Waals surface area contributed by atoms with E-state index in [0.29, 0.717) is 0 Å². The molecule has 0 radical (unpaired) electrons. The summed E-state index contributed by atoms with van der Waals surface area (Å²) < 4.78 is 29.7. The van der Waals surface area contributed by atoms with Crippen LogP contribution in [0.15, 0.2) is 18.2 Å². The van der Waals surface area contributed by atoms with Gasteiger partial charge < -0.3 is 14.2 Å². The molecule has 2 bridgehead atoms. The Balaban J connectivity index is 1.69. The fourth-order valence-electron chi connectivity index (χ4n) is 5.12. The van der Waals surface area contributed by atoms with Crippen molar-refractivity contribution in [3.05, 3.63) is 29.3 Å². The smallest absolute Gasteiger partial charge is 0.435 e. The minimum atomic E-state index is -1.19. The predicted octanol–water partition coefficient (Wildman–Crippen LogP) is 2.63. The number of nitriles is 1. The molecule has 2 amide bonds. The van der Waals surface area contributed by atoms with Crippen molar-refractivity contribution in [2.45, 2.75) is 51.2 Å². The molecule has 0 aliphatic carbocycles. The Kier molecular flexibility index (Phi) is 4.58. The lowest BCUT2D eigenvalue weighted by molar-refractivity contribution is -0.133. The number of hydrogen-bond acceptors (Lipinski definition) is 7. The van der Waals surface area contributed by atoms with Crippen molar-refractivity contribution in [3.8, 4) is 6.07 Å². The van der Waals surface area contributed by atoms with E-state index in [0.717, 1.165) is 4.90 Å². The Labute approximate surface area is 172 Å². The van der Waals surface area contributed by atoms with Gasteiger partial charge in [0.1, 0.15) is 18.4 Å². The topological polar surface area (TPSA) is 106 Å². The molecule has 1 aromatic carbocycles. The van der Waals surface area contributed by atoms with Crippen LogP contribution in [0.1, 0.15) is 38.3 Å². The summed E-state index contributed by atoms with van der Waals surface area (Å²) in [4.78, 5) is 39.5. The Morgan fingerprint density at radius 2 is 2.03 bits per heavy atom. The standard InChI is InChI=1S/C21H21FN2O6/c1-4-28-19(27)29-14-8-20(2)15-16(21(14,3)30-20)18(26)24(17(15)25)13-6-5-11(10-23)12(7-13)9-22/h5-7,14-16H,4,8-9H2,1-3H3/t14-,15+,16-,20?,21?/m0/s1. The molecule has 1 aromatic rings. The van der Waals surface area contributed by atoms with Crippen LogP contribution in [0, 0.1) is 23.2 Å². The molecule has 3 aliphatic rings. The monoisotopic (exact) mass is 416 g/mol. The molecule has 0 aromatic heterocycles. The molecule has 3 fully saturated rings. The van der Waals surface area contributed by atoms with Gasteiger partial charge in [0.2, 0.25) is 11.8 Å². The molecule has 2 unspecified atom stereocenters. The van der Waals surface area contributed by atoms with Crippen molar-refractivity contribution in [2.24, 2.45) is 11.8 Å². The first-order chi connectivity index (χ1) is 14.2. The Bertz CT molecular complexity index is 990. The van der Waals surface area contributed by atoms with Crippen LogP contribution in [0.3, 0.4) is 0 Å². The van der Waals surface area contributed by atoms with E-state index in [4.69, 9.17) is 19.5 Å². The van der Waals surface area contributed by atoms with Crippen LogP contribution in [0.4, 0.5) is 14.9 Å². The summed E-state index contributed by atoms with van der Waals surface area (Å²) in [6.45, 7) is 4.29. The van der Waals surface area contributed by atoms with Gasteiger partial charge in [-0.3, -0.25) is 9.59 Å². The zero-order valence-corrected chi connectivity index (χ0v) is 16.8. The van der Waals surface area contributed by atoms with E-state index in [1.807, 2.05) is 6.07 Å². The van der Waals surface area contributed by atoms with Gasteiger partial charge in [-0.2, -0.15) is 5.26 Å². The Morgan fingerprint density at radius 1 is 1.33 bits per heavy atom. The van der Waals surface area contributed by atoms with Gasteiger partial charge >= 0.3 is 6.16 Å². The lowest BCUT2D eigenvalue weighted by Gasteiger charge is -2.34. The SMILES string of the molecule is CCOC(=O)O[C@H]1CC2(C)OC1(C)[C@@H]1C(=O)N(c3ccc(C#N)c(CF)c3)C(=O)[C@@H]12. The average molecular weight is 416 g/mol. The van der Waals surface area contributed by atoms with Gasteiger partial charge in [0.25, 0.3) is 0 Å².